The average molecular weight is 442 g/mol. The number of nitrogens with zero attached hydrogens (tertiary/aromatic N) is 1. The normalized spacial score (nSPS) is 10.1. The van der Waals surface area contributed by atoms with Gasteiger partial charge in [0.1, 0.15) is 0 Å². The van der Waals surface area contributed by atoms with Gasteiger partial charge in [0.2, 0.25) is 5.91 Å². The molecule has 0 heterocycles. The molecule has 2 aromatic carbocycles. The molecule has 0 aromatic heterocycles. The van der Waals surface area contributed by atoms with Gasteiger partial charge in [-0.2, -0.15) is 0 Å². The molecule has 2 rings (SSSR count). The first-order valence-corrected chi connectivity index (χ1v) is 10.5. The molecule has 0 saturated heterocycles. The van der Waals surface area contributed by atoms with Crippen LogP contribution in [0.25, 0.3) is 0 Å². The van der Waals surface area contributed by atoms with E-state index in [1.165, 1.54) is 0 Å². The van der Waals surface area contributed by atoms with Gasteiger partial charge in [-0.3, -0.25) is 14.4 Å². The van der Waals surface area contributed by atoms with E-state index < -0.39 is 5.97 Å². The number of amides is 2. The van der Waals surface area contributed by atoms with Crippen LogP contribution in [0.2, 0.25) is 0 Å². The SMILES string of the molecule is CCCOC(=O)CCC(=O)NC(=S)Nc1cccc(C(=O)N(C)Cc2ccccc2)c1. The van der Waals surface area contributed by atoms with E-state index in [0.717, 1.165) is 12.0 Å². The summed E-state index contributed by atoms with van der Waals surface area (Å²) < 4.78 is 4.93. The maximum absolute atomic E-state index is 12.7. The fraction of sp³-hybridized carbons (Fsp3) is 0.304. The molecule has 0 aliphatic carbocycles. The Morgan fingerprint density at radius 2 is 1.77 bits per heavy atom. The summed E-state index contributed by atoms with van der Waals surface area (Å²) in [6, 6.07) is 16.6. The standard InChI is InChI=1S/C23H27N3O4S/c1-3-14-30-21(28)13-12-20(27)25-23(31)24-19-11-7-10-18(15-19)22(29)26(2)16-17-8-5-4-6-9-17/h4-11,15H,3,12-14,16H2,1-2H3,(H2,24,25,27,31). The molecule has 2 amide bonds. The molecular weight excluding hydrogens is 414 g/mol. The van der Waals surface area contributed by atoms with Crippen LogP contribution >= 0.6 is 12.2 Å². The predicted octanol–water partition coefficient (Wildman–Crippen LogP) is 3.51. The maximum Gasteiger partial charge on any atom is 0.306 e. The lowest BCUT2D eigenvalue weighted by Crippen LogP contribution is -2.34. The molecule has 8 heteroatoms. The van der Waals surface area contributed by atoms with Gasteiger partial charge in [0.25, 0.3) is 5.91 Å². The predicted molar refractivity (Wildman–Crippen MR) is 124 cm³/mol. The number of esters is 1. The van der Waals surface area contributed by atoms with E-state index in [4.69, 9.17) is 17.0 Å². The smallest absolute Gasteiger partial charge is 0.306 e. The molecule has 0 aliphatic heterocycles. The topological polar surface area (TPSA) is 87.7 Å². The Bertz CT molecular complexity index is 918. The van der Waals surface area contributed by atoms with Crippen LogP contribution in [-0.2, 0) is 20.9 Å². The van der Waals surface area contributed by atoms with Gasteiger partial charge >= 0.3 is 5.97 Å². The maximum atomic E-state index is 12.7. The zero-order valence-electron chi connectivity index (χ0n) is 17.7. The van der Waals surface area contributed by atoms with Gasteiger partial charge in [0.05, 0.1) is 13.0 Å². The number of carbonyl (C=O) groups is 3. The van der Waals surface area contributed by atoms with E-state index in [0.29, 0.717) is 24.4 Å². The lowest BCUT2D eigenvalue weighted by Gasteiger charge is -2.18. The highest BCUT2D eigenvalue weighted by atomic mass is 32.1. The summed E-state index contributed by atoms with van der Waals surface area (Å²) in [6.45, 7) is 2.73. The zero-order chi connectivity index (χ0) is 22.6. The van der Waals surface area contributed by atoms with Crippen LogP contribution in [0.5, 0.6) is 0 Å². The molecule has 0 atom stereocenters. The first kappa shape index (κ1) is 24.0. The van der Waals surface area contributed by atoms with Gasteiger partial charge in [0.15, 0.2) is 5.11 Å². The number of ether oxygens (including phenoxy) is 1. The summed E-state index contributed by atoms with van der Waals surface area (Å²) in [5.74, 6) is -0.935. The van der Waals surface area contributed by atoms with E-state index >= 15 is 0 Å². The molecule has 2 N–H and O–H groups in total. The summed E-state index contributed by atoms with van der Waals surface area (Å²) in [5.41, 5.74) is 2.11. The zero-order valence-corrected chi connectivity index (χ0v) is 18.5. The molecule has 7 nitrogen and oxygen atoms in total. The summed E-state index contributed by atoms with van der Waals surface area (Å²) in [7, 11) is 1.74. The molecule has 0 unspecified atom stereocenters. The van der Waals surface area contributed by atoms with Crippen molar-refractivity contribution in [2.45, 2.75) is 32.7 Å². The fourth-order valence-corrected chi connectivity index (χ4v) is 2.97. The highest BCUT2D eigenvalue weighted by Gasteiger charge is 2.14. The van der Waals surface area contributed by atoms with Gasteiger partial charge < -0.3 is 20.3 Å². The molecule has 0 spiro atoms. The minimum absolute atomic E-state index is 0.00776. The second-order valence-corrected chi connectivity index (χ2v) is 7.36. The number of carbonyl (C=O) groups excluding carboxylic acids is 3. The second-order valence-electron chi connectivity index (χ2n) is 6.95. The van der Waals surface area contributed by atoms with Crippen LogP contribution in [0.1, 0.15) is 42.1 Å². The molecule has 2 aromatic rings. The summed E-state index contributed by atoms with van der Waals surface area (Å²) in [5, 5.41) is 5.51. The highest BCUT2D eigenvalue weighted by Crippen LogP contribution is 2.14. The minimum Gasteiger partial charge on any atom is -0.466 e. The minimum atomic E-state index is -0.415. The molecule has 164 valence electrons. The first-order valence-electron chi connectivity index (χ1n) is 10.0. The monoisotopic (exact) mass is 441 g/mol. The van der Waals surface area contributed by atoms with Gasteiger partial charge in [-0.25, -0.2) is 0 Å². The summed E-state index contributed by atoms with van der Waals surface area (Å²) in [4.78, 5) is 37.8. The van der Waals surface area contributed by atoms with Crippen molar-refractivity contribution in [1.82, 2.24) is 10.2 Å². The van der Waals surface area contributed by atoms with Crippen molar-refractivity contribution in [3.63, 3.8) is 0 Å². The Hall–Kier alpha value is -3.26. The van der Waals surface area contributed by atoms with Crippen molar-refractivity contribution in [3.8, 4) is 0 Å². The molecule has 0 aliphatic rings. The third kappa shape index (κ3) is 8.55. The molecule has 0 radical (unpaired) electrons. The van der Waals surface area contributed by atoms with Crippen LogP contribution in [-0.4, -0.2) is 41.5 Å². The number of anilines is 1. The third-order valence-electron chi connectivity index (χ3n) is 4.25. The van der Waals surface area contributed by atoms with Crippen LogP contribution in [0, 0.1) is 0 Å². The number of nitrogens with one attached hydrogen (secondary N) is 2. The van der Waals surface area contributed by atoms with E-state index in [1.54, 1.807) is 36.2 Å². The molecule has 0 bridgehead atoms. The Labute approximate surface area is 187 Å². The summed E-state index contributed by atoms with van der Waals surface area (Å²) >= 11 is 5.15. The van der Waals surface area contributed by atoms with Crippen molar-refractivity contribution >= 4 is 40.8 Å². The van der Waals surface area contributed by atoms with Crippen LogP contribution in [0.3, 0.4) is 0 Å². The van der Waals surface area contributed by atoms with Crippen molar-refractivity contribution < 1.29 is 19.1 Å². The van der Waals surface area contributed by atoms with Gasteiger partial charge in [0, 0.05) is 31.3 Å². The third-order valence-corrected chi connectivity index (χ3v) is 4.46. The van der Waals surface area contributed by atoms with Crippen LogP contribution < -0.4 is 10.6 Å². The van der Waals surface area contributed by atoms with Gasteiger partial charge in [-0.15, -0.1) is 0 Å². The molecule has 0 fully saturated rings. The van der Waals surface area contributed by atoms with E-state index in [-0.39, 0.29) is 29.8 Å². The van der Waals surface area contributed by atoms with E-state index in [2.05, 4.69) is 10.6 Å². The second kappa shape index (κ2) is 12.4. The Balaban J connectivity index is 1.86. The quantitative estimate of drug-likeness (QED) is 0.457. The van der Waals surface area contributed by atoms with Gasteiger partial charge in [-0.05, 0) is 42.4 Å². The lowest BCUT2D eigenvalue weighted by atomic mass is 10.1. The lowest BCUT2D eigenvalue weighted by molar-refractivity contribution is -0.144. The van der Waals surface area contributed by atoms with E-state index in [9.17, 15) is 14.4 Å². The van der Waals surface area contributed by atoms with E-state index in [1.807, 2.05) is 37.3 Å². The number of thiocarbonyl (C=S) groups is 1. The largest absolute Gasteiger partial charge is 0.466 e. The van der Waals surface area contributed by atoms with Crippen molar-refractivity contribution in [2.75, 3.05) is 19.0 Å². The van der Waals surface area contributed by atoms with Crippen molar-refractivity contribution in [3.05, 3.63) is 65.7 Å². The van der Waals surface area contributed by atoms with Gasteiger partial charge in [-0.1, -0.05) is 43.3 Å². The molecule has 0 saturated carbocycles. The van der Waals surface area contributed by atoms with Crippen molar-refractivity contribution in [1.29, 1.82) is 0 Å². The highest BCUT2D eigenvalue weighted by molar-refractivity contribution is 7.80. The number of hydrogen-bond acceptors (Lipinski definition) is 5. The fourth-order valence-electron chi connectivity index (χ4n) is 2.73. The molecular formula is C23H27N3O4S. The Kier molecular flexibility index (Phi) is 9.64. The number of rotatable bonds is 9. The average Bonchev–Trinajstić information content (AvgIpc) is 2.76. The Morgan fingerprint density at radius 1 is 1.03 bits per heavy atom. The number of hydrogen-bond donors (Lipinski definition) is 2. The molecule has 31 heavy (non-hydrogen) atoms. The first-order chi connectivity index (χ1) is 14.9. The van der Waals surface area contributed by atoms with Crippen LogP contribution in [0.15, 0.2) is 54.6 Å². The number of benzene rings is 2. The van der Waals surface area contributed by atoms with Crippen molar-refractivity contribution in [2.24, 2.45) is 0 Å². The van der Waals surface area contributed by atoms with Crippen LogP contribution in [0.4, 0.5) is 5.69 Å². The Morgan fingerprint density at radius 3 is 2.48 bits per heavy atom. The summed E-state index contributed by atoms with van der Waals surface area (Å²) in [6.07, 6.45) is 0.703.